The summed E-state index contributed by atoms with van der Waals surface area (Å²) in [6, 6.07) is 10.9. The van der Waals surface area contributed by atoms with Crippen molar-refractivity contribution < 1.29 is 15.0 Å². The van der Waals surface area contributed by atoms with Gasteiger partial charge in [0, 0.05) is 17.4 Å². The highest BCUT2D eigenvalue weighted by Crippen LogP contribution is 2.30. The Kier molecular flexibility index (Phi) is 4.85. The molecule has 0 bridgehead atoms. The smallest absolute Gasteiger partial charge is 0.223 e. The second-order valence-electron chi connectivity index (χ2n) is 5.37. The number of aldehydes is 1. The average molecular weight is 343 g/mol. The molecule has 3 aromatic rings. The fourth-order valence-electron chi connectivity index (χ4n) is 2.69. The van der Waals surface area contributed by atoms with Crippen LogP contribution in [0.3, 0.4) is 0 Å². The molecule has 1 heterocycles. The number of hydrogen-bond donors (Lipinski definition) is 2. The first-order chi connectivity index (χ1) is 11.7. The Balaban J connectivity index is 2.27. The van der Waals surface area contributed by atoms with Crippen LogP contribution in [-0.4, -0.2) is 26.5 Å². The molecule has 0 amide bonds. The van der Waals surface area contributed by atoms with Crippen molar-refractivity contribution in [3.63, 3.8) is 0 Å². The van der Waals surface area contributed by atoms with Gasteiger partial charge in [0.25, 0.3) is 0 Å². The lowest BCUT2D eigenvalue weighted by atomic mass is 9.99. The zero-order valence-corrected chi connectivity index (χ0v) is 13.5. The predicted molar refractivity (Wildman–Crippen MR) is 91.6 cm³/mol. The number of nitrogens with zero attached hydrogens (tertiary/aromatic N) is 2. The summed E-state index contributed by atoms with van der Waals surface area (Å²) in [6.07, 6.45) is 1.17. The number of halogens is 1. The van der Waals surface area contributed by atoms with Crippen LogP contribution in [0, 0.1) is 0 Å². The summed E-state index contributed by atoms with van der Waals surface area (Å²) in [7, 11) is 0. The van der Waals surface area contributed by atoms with Crippen LogP contribution in [0.15, 0.2) is 36.4 Å². The van der Waals surface area contributed by atoms with Gasteiger partial charge in [0.1, 0.15) is 6.29 Å². The van der Waals surface area contributed by atoms with Crippen LogP contribution in [0.2, 0.25) is 5.28 Å². The van der Waals surface area contributed by atoms with Gasteiger partial charge >= 0.3 is 0 Å². The largest absolute Gasteiger partial charge is 0.392 e. The molecule has 6 heteroatoms. The Labute approximate surface area is 143 Å². The molecule has 0 unspecified atom stereocenters. The summed E-state index contributed by atoms with van der Waals surface area (Å²) in [4.78, 5) is 19.3. The lowest BCUT2D eigenvalue weighted by molar-refractivity contribution is -0.107. The molecule has 0 saturated carbocycles. The van der Waals surface area contributed by atoms with E-state index in [2.05, 4.69) is 9.97 Å². The van der Waals surface area contributed by atoms with Gasteiger partial charge in [-0.25, -0.2) is 9.97 Å². The van der Waals surface area contributed by atoms with E-state index in [4.69, 9.17) is 11.6 Å². The molecule has 0 aliphatic carbocycles. The molecule has 0 spiro atoms. The zero-order valence-electron chi connectivity index (χ0n) is 12.7. The molecular weight excluding hydrogens is 328 g/mol. The fourth-order valence-corrected chi connectivity index (χ4v) is 2.87. The zero-order chi connectivity index (χ0) is 17.1. The molecule has 2 aromatic carbocycles. The van der Waals surface area contributed by atoms with Gasteiger partial charge < -0.3 is 15.0 Å². The van der Waals surface area contributed by atoms with Gasteiger partial charge in [-0.05, 0) is 46.5 Å². The maximum atomic E-state index is 10.7. The van der Waals surface area contributed by atoms with Crippen molar-refractivity contribution >= 4 is 28.8 Å². The van der Waals surface area contributed by atoms with Gasteiger partial charge in [0.2, 0.25) is 5.28 Å². The quantitative estimate of drug-likeness (QED) is 0.550. The highest BCUT2D eigenvalue weighted by atomic mass is 35.5. The highest BCUT2D eigenvalue weighted by molar-refractivity contribution is 6.28. The van der Waals surface area contributed by atoms with Crippen LogP contribution < -0.4 is 0 Å². The van der Waals surface area contributed by atoms with E-state index in [0.29, 0.717) is 28.8 Å². The topological polar surface area (TPSA) is 83.3 Å². The van der Waals surface area contributed by atoms with E-state index in [1.165, 1.54) is 0 Å². The maximum absolute atomic E-state index is 10.7. The Morgan fingerprint density at radius 1 is 1.04 bits per heavy atom. The van der Waals surface area contributed by atoms with Gasteiger partial charge in [-0.1, -0.05) is 18.2 Å². The lowest BCUT2D eigenvalue weighted by Gasteiger charge is -2.11. The summed E-state index contributed by atoms with van der Waals surface area (Å²) in [5, 5.41) is 19.8. The lowest BCUT2D eigenvalue weighted by Crippen LogP contribution is -1.98. The molecular formula is C18H15ClN2O3. The molecule has 2 N–H and O–H groups in total. The molecule has 122 valence electrons. The Morgan fingerprint density at radius 2 is 1.79 bits per heavy atom. The summed E-state index contributed by atoms with van der Waals surface area (Å²) in [6.45, 7) is -0.392. The number of aromatic nitrogens is 2. The standard InChI is InChI=1S/C18H15ClN2O3/c19-18-20-16-8-14(10-24)13(9-23)7-15(16)17(21-18)12-3-1-2-11(6-12)4-5-22/h1-3,5-8,23-24H,4,9-10H2. The van der Waals surface area contributed by atoms with Crippen LogP contribution in [0.4, 0.5) is 0 Å². The molecule has 0 aliphatic rings. The van der Waals surface area contributed by atoms with Gasteiger partial charge in [-0.15, -0.1) is 0 Å². The molecule has 0 fully saturated rings. The SMILES string of the molecule is O=CCc1cccc(-c2nc(Cl)nc3cc(CO)c(CO)cc23)c1. The van der Waals surface area contributed by atoms with Crippen molar-refractivity contribution in [2.45, 2.75) is 19.6 Å². The van der Waals surface area contributed by atoms with Crippen molar-refractivity contribution in [1.29, 1.82) is 0 Å². The Bertz CT molecular complexity index is 912. The maximum Gasteiger partial charge on any atom is 0.223 e. The molecule has 0 saturated heterocycles. The van der Waals surface area contributed by atoms with Gasteiger partial charge in [-0.2, -0.15) is 0 Å². The summed E-state index contributed by atoms with van der Waals surface area (Å²) in [5.74, 6) is 0. The van der Waals surface area contributed by atoms with Crippen molar-refractivity contribution in [3.8, 4) is 11.3 Å². The Hall–Kier alpha value is -2.34. The van der Waals surface area contributed by atoms with Crippen LogP contribution in [0.5, 0.6) is 0 Å². The van der Waals surface area contributed by atoms with Crippen LogP contribution in [0.1, 0.15) is 16.7 Å². The molecule has 5 nitrogen and oxygen atoms in total. The second-order valence-corrected chi connectivity index (χ2v) is 5.70. The normalized spacial score (nSPS) is 11.0. The average Bonchev–Trinajstić information content (AvgIpc) is 2.60. The summed E-state index contributed by atoms with van der Waals surface area (Å²) >= 11 is 6.05. The van der Waals surface area contributed by atoms with Crippen LogP contribution >= 0.6 is 11.6 Å². The highest BCUT2D eigenvalue weighted by Gasteiger charge is 2.13. The second kappa shape index (κ2) is 7.05. The monoisotopic (exact) mass is 342 g/mol. The first kappa shape index (κ1) is 16.5. The molecule has 1 aromatic heterocycles. The van der Waals surface area contributed by atoms with E-state index in [1.807, 2.05) is 24.3 Å². The molecule has 0 aliphatic heterocycles. The van der Waals surface area contributed by atoms with E-state index in [-0.39, 0.29) is 18.5 Å². The predicted octanol–water partition coefficient (Wildman–Crippen LogP) is 2.68. The number of rotatable bonds is 5. The number of carbonyl (C=O) groups is 1. The number of aliphatic hydroxyl groups excluding tert-OH is 2. The summed E-state index contributed by atoms with van der Waals surface area (Å²) < 4.78 is 0. The first-order valence-electron chi connectivity index (χ1n) is 7.40. The molecule has 0 radical (unpaired) electrons. The number of carbonyl (C=O) groups excluding carboxylic acids is 1. The minimum absolute atomic E-state index is 0.0962. The number of benzene rings is 2. The minimum atomic E-state index is -0.197. The number of aliphatic hydroxyl groups is 2. The third-order valence-corrected chi connectivity index (χ3v) is 4.02. The molecule has 3 rings (SSSR count). The minimum Gasteiger partial charge on any atom is -0.392 e. The third-order valence-electron chi connectivity index (χ3n) is 3.85. The first-order valence-corrected chi connectivity index (χ1v) is 7.77. The van der Waals surface area contributed by atoms with E-state index in [0.717, 1.165) is 22.8 Å². The van der Waals surface area contributed by atoms with Crippen molar-refractivity contribution in [2.75, 3.05) is 0 Å². The van der Waals surface area contributed by atoms with E-state index < -0.39 is 0 Å². The van der Waals surface area contributed by atoms with Crippen molar-refractivity contribution in [1.82, 2.24) is 9.97 Å². The fraction of sp³-hybridized carbons (Fsp3) is 0.167. The van der Waals surface area contributed by atoms with Crippen LogP contribution in [-0.2, 0) is 24.4 Å². The van der Waals surface area contributed by atoms with Crippen LogP contribution in [0.25, 0.3) is 22.2 Å². The Morgan fingerprint density at radius 3 is 2.50 bits per heavy atom. The van der Waals surface area contributed by atoms with E-state index in [1.54, 1.807) is 12.1 Å². The van der Waals surface area contributed by atoms with Gasteiger partial charge in [0.05, 0.1) is 24.4 Å². The van der Waals surface area contributed by atoms with Gasteiger partial charge in [0.15, 0.2) is 0 Å². The molecule has 24 heavy (non-hydrogen) atoms. The molecule has 0 atom stereocenters. The summed E-state index contributed by atoms with van der Waals surface area (Å²) in [5.41, 5.74) is 4.11. The van der Waals surface area contributed by atoms with Crippen molar-refractivity contribution in [3.05, 3.63) is 58.4 Å². The number of fused-ring (bicyclic) bond motifs is 1. The third kappa shape index (κ3) is 3.14. The van der Waals surface area contributed by atoms with E-state index in [9.17, 15) is 15.0 Å². The number of hydrogen-bond acceptors (Lipinski definition) is 5. The van der Waals surface area contributed by atoms with E-state index >= 15 is 0 Å². The van der Waals surface area contributed by atoms with Gasteiger partial charge in [-0.3, -0.25) is 0 Å². The van der Waals surface area contributed by atoms with Crippen molar-refractivity contribution in [2.24, 2.45) is 0 Å².